The number of carbonyl (C=O) groups excluding carboxylic acids is 2. The van der Waals surface area contributed by atoms with Crippen LogP contribution in [0, 0.1) is 5.92 Å². The van der Waals surface area contributed by atoms with E-state index in [9.17, 15) is 9.59 Å². The zero-order chi connectivity index (χ0) is 18.7. The second-order valence-electron chi connectivity index (χ2n) is 6.33. The Morgan fingerprint density at radius 3 is 2.92 bits per heavy atom. The first kappa shape index (κ1) is 18.3. The van der Waals surface area contributed by atoms with E-state index in [0.717, 1.165) is 16.0 Å². The molecular formula is C18H20BrN5O2. The van der Waals surface area contributed by atoms with E-state index in [1.807, 2.05) is 43.3 Å². The van der Waals surface area contributed by atoms with Crippen LogP contribution in [0.1, 0.15) is 12.2 Å². The standard InChI is InChI=1S/C18H20BrN5O2/c1-23(2)16-6-7-20-15(22-16)10-21-18(26)12-8-17(25)24(11-12)14-5-3-4-13(19)9-14/h3-7,9,12H,8,10-11H2,1-2H3,(H,21,26). The molecule has 1 atom stereocenters. The smallest absolute Gasteiger partial charge is 0.227 e. The molecule has 0 aliphatic carbocycles. The van der Waals surface area contributed by atoms with Gasteiger partial charge in [0.2, 0.25) is 11.8 Å². The van der Waals surface area contributed by atoms with Crippen molar-refractivity contribution in [3.8, 4) is 0 Å². The number of hydrogen-bond acceptors (Lipinski definition) is 5. The summed E-state index contributed by atoms with van der Waals surface area (Å²) >= 11 is 3.41. The Morgan fingerprint density at radius 2 is 2.19 bits per heavy atom. The molecule has 1 aliphatic heterocycles. The summed E-state index contributed by atoms with van der Waals surface area (Å²) in [4.78, 5) is 36.8. The van der Waals surface area contributed by atoms with Crippen molar-refractivity contribution in [2.24, 2.45) is 5.92 Å². The molecule has 26 heavy (non-hydrogen) atoms. The Morgan fingerprint density at radius 1 is 1.38 bits per heavy atom. The SMILES string of the molecule is CN(C)c1ccnc(CNC(=O)C2CC(=O)N(c3cccc(Br)c3)C2)n1. The largest absolute Gasteiger partial charge is 0.363 e. The van der Waals surface area contributed by atoms with Crippen molar-refractivity contribution in [1.82, 2.24) is 15.3 Å². The van der Waals surface area contributed by atoms with Gasteiger partial charge in [-0.3, -0.25) is 9.59 Å². The van der Waals surface area contributed by atoms with Crippen LogP contribution in [-0.2, 0) is 16.1 Å². The molecule has 2 aromatic rings. The molecule has 1 aromatic heterocycles. The van der Waals surface area contributed by atoms with Crippen LogP contribution in [0.25, 0.3) is 0 Å². The Bertz CT molecular complexity index is 827. The van der Waals surface area contributed by atoms with Crippen LogP contribution in [0.15, 0.2) is 41.0 Å². The number of amides is 2. The van der Waals surface area contributed by atoms with Crippen molar-refractivity contribution in [3.63, 3.8) is 0 Å². The van der Waals surface area contributed by atoms with Gasteiger partial charge in [-0.1, -0.05) is 22.0 Å². The molecule has 1 aliphatic rings. The summed E-state index contributed by atoms with van der Waals surface area (Å²) in [6, 6.07) is 9.31. The van der Waals surface area contributed by atoms with Crippen LogP contribution >= 0.6 is 15.9 Å². The van der Waals surface area contributed by atoms with E-state index in [4.69, 9.17) is 0 Å². The lowest BCUT2D eigenvalue weighted by atomic mass is 10.1. The lowest BCUT2D eigenvalue weighted by Crippen LogP contribution is -2.33. The lowest BCUT2D eigenvalue weighted by molar-refractivity contribution is -0.126. The molecule has 7 nitrogen and oxygen atoms in total. The molecule has 1 fully saturated rings. The van der Waals surface area contributed by atoms with E-state index < -0.39 is 0 Å². The average Bonchev–Trinajstić information content (AvgIpc) is 3.02. The lowest BCUT2D eigenvalue weighted by Gasteiger charge is -2.17. The van der Waals surface area contributed by atoms with Gasteiger partial charge in [-0.15, -0.1) is 0 Å². The van der Waals surface area contributed by atoms with Gasteiger partial charge in [0.15, 0.2) is 0 Å². The van der Waals surface area contributed by atoms with E-state index in [1.165, 1.54) is 0 Å². The highest BCUT2D eigenvalue weighted by atomic mass is 79.9. The number of nitrogens with zero attached hydrogens (tertiary/aromatic N) is 4. The zero-order valence-corrected chi connectivity index (χ0v) is 16.2. The summed E-state index contributed by atoms with van der Waals surface area (Å²) < 4.78 is 0.897. The number of anilines is 2. The molecule has 0 spiro atoms. The minimum absolute atomic E-state index is 0.0471. The van der Waals surface area contributed by atoms with Crippen molar-refractivity contribution >= 4 is 39.2 Å². The Labute approximate surface area is 160 Å². The van der Waals surface area contributed by atoms with E-state index in [0.29, 0.717) is 12.4 Å². The molecule has 1 N–H and O–H groups in total. The first-order chi connectivity index (χ1) is 12.4. The third kappa shape index (κ3) is 4.19. The van der Waals surface area contributed by atoms with Gasteiger partial charge in [0.05, 0.1) is 12.5 Å². The van der Waals surface area contributed by atoms with Crippen molar-refractivity contribution < 1.29 is 9.59 Å². The van der Waals surface area contributed by atoms with Gasteiger partial charge < -0.3 is 15.1 Å². The maximum Gasteiger partial charge on any atom is 0.227 e. The maximum absolute atomic E-state index is 12.5. The Hall–Kier alpha value is -2.48. The summed E-state index contributed by atoms with van der Waals surface area (Å²) in [6.45, 7) is 0.613. The predicted molar refractivity (Wildman–Crippen MR) is 103 cm³/mol. The molecule has 136 valence electrons. The Balaban J connectivity index is 1.61. The molecule has 1 saturated heterocycles. The number of nitrogens with one attached hydrogen (secondary N) is 1. The zero-order valence-electron chi connectivity index (χ0n) is 14.6. The fraction of sp³-hybridized carbons (Fsp3) is 0.333. The highest BCUT2D eigenvalue weighted by Crippen LogP contribution is 2.27. The summed E-state index contributed by atoms with van der Waals surface area (Å²) in [5.41, 5.74) is 0.793. The number of rotatable bonds is 5. The average molecular weight is 418 g/mol. The number of aromatic nitrogens is 2. The third-order valence-electron chi connectivity index (χ3n) is 4.19. The van der Waals surface area contributed by atoms with Crippen molar-refractivity contribution in [3.05, 3.63) is 46.8 Å². The van der Waals surface area contributed by atoms with Gasteiger partial charge in [0.25, 0.3) is 0 Å². The van der Waals surface area contributed by atoms with Crippen LogP contribution in [0.4, 0.5) is 11.5 Å². The van der Waals surface area contributed by atoms with Gasteiger partial charge in [-0.2, -0.15) is 0 Å². The number of carbonyl (C=O) groups is 2. The molecule has 2 heterocycles. The maximum atomic E-state index is 12.5. The monoisotopic (exact) mass is 417 g/mol. The molecule has 0 bridgehead atoms. The predicted octanol–water partition coefficient (Wildman–Crippen LogP) is 1.97. The van der Waals surface area contributed by atoms with Crippen molar-refractivity contribution in [2.75, 3.05) is 30.4 Å². The van der Waals surface area contributed by atoms with Crippen molar-refractivity contribution in [1.29, 1.82) is 0 Å². The van der Waals surface area contributed by atoms with E-state index in [1.54, 1.807) is 17.2 Å². The quantitative estimate of drug-likeness (QED) is 0.804. The third-order valence-corrected chi connectivity index (χ3v) is 4.68. The van der Waals surface area contributed by atoms with Gasteiger partial charge in [0, 0.05) is 43.4 Å². The van der Waals surface area contributed by atoms with E-state index in [-0.39, 0.29) is 30.7 Å². The fourth-order valence-electron chi connectivity index (χ4n) is 2.81. The van der Waals surface area contributed by atoms with Gasteiger partial charge in [-0.25, -0.2) is 9.97 Å². The number of halogens is 1. The molecule has 8 heteroatoms. The summed E-state index contributed by atoms with van der Waals surface area (Å²) in [5, 5.41) is 2.84. The normalized spacial score (nSPS) is 16.7. The minimum atomic E-state index is -0.376. The van der Waals surface area contributed by atoms with E-state index in [2.05, 4.69) is 31.2 Å². The van der Waals surface area contributed by atoms with Crippen LogP contribution in [0.2, 0.25) is 0 Å². The molecule has 0 saturated carbocycles. The van der Waals surface area contributed by atoms with Crippen LogP contribution in [-0.4, -0.2) is 42.4 Å². The molecule has 0 radical (unpaired) electrons. The van der Waals surface area contributed by atoms with Crippen molar-refractivity contribution in [2.45, 2.75) is 13.0 Å². The van der Waals surface area contributed by atoms with Gasteiger partial charge in [-0.05, 0) is 24.3 Å². The van der Waals surface area contributed by atoms with Gasteiger partial charge in [0.1, 0.15) is 11.6 Å². The highest BCUT2D eigenvalue weighted by molar-refractivity contribution is 9.10. The van der Waals surface area contributed by atoms with Gasteiger partial charge >= 0.3 is 0 Å². The van der Waals surface area contributed by atoms with Crippen LogP contribution in [0.3, 0.4) is 0 Å². The molecule has 1 aromatic carbocycles. The Kier molecular flexibility index (Phi) is 5.51. The molecule has 1 unspecified atom stereocenters. The number of benzene rings is 1. The fourth-order valence-corrected chi connectivity index (χ4v) is 3.20. The number of hydrogen-bond donors (Lipinski definition) is 1. The summed E-state index contributed by atoms with van der Waals surface area (Å²) in [7, 11) is 3.79. The molecule has 3 rings (SSSR count). The first-order valence-electron chi connectivity index (χ1n) is 8.27. The topological polar surface area (TPSA) is 78.4 Å². The first-order valence-corrected chi connectivity index (χ1v) is 9.06. The van der Waals surface area contributed by atoms with E-state index >= 15 is 0 Å². The second-order valence-corrected chi connectivity index (χ2v) is 7.24. The summed E-state index contributed by atoms with van der Waals surface area (Å²) in [6.07, 6.45) is 1.87. The van der Waals surface area contributed by atoms with Crippen LogP contribution < -0.4 is 15.1 Å². The summed E-state index contributed by atoms with van der Waals surface area (Å²) in [5.74, 6) is 0.737. The molecular weight excluding hydrogens is 398 g/mol. The molecule has 2 amide bonds. The minimum Gasteiger partial charge on any atom is -0.363 e. The second kappa shape index (κ2) is 7.82. The highest BCUT2D eigenvalue weighted by Gasteiger charge is 2.35. The van der Waals surface area contributed by atoms with Crippen LogP contribution in [0.5, 0.6) is 0 Å².